The second-order valence-electron chi connectivity index (χ2n) is 6.44. The minimum Gasteiger partial charge on any atom is -0.364 e. The molecule has 27 heavy (non-hydrogen) atoms. The second kappa shape index (κ2) is 7.15. The summed E-state index contributed by atoms with van der Waals surface area (Å²) in [6, 6.07) is 14.6. The van der Waals surface area contributed by atoms with Crippen LogP contribution in [-0.4, -0.2) is 20.2 Å². The summed E-state index contributed by atoms with van der Waals surface area (Å²) in [6.07, 6.45) is 0.707. The largest absolute Gasteiger partial charge is 0.364 e. The van der Waals surface area contributed by atoms with E-state index in [4.69, 9.17) is 4.98 Å². The minimum absolute atomic E-state index is 0.249. The smallest absolute Gasteiger partial charge is 0.186 e. The highest BCUT2D eigenvalue weighted by Gasteiger charge is 2.16. The number of nitrogens with one attached hydrogen (secondary N) is 2. The number of benzene rings is 2. The van der Waals surface area contributed by atoms with Crippen molar-refractivity contribution in [3.8, 4) is 11.4 Å². The molecule has 4 aromatic rings. The van der Waals surface area contributed by atoms with Crippen LogP contribution in [0.4, 0.5) is 10.2 Å². The quantitative estimate of drug-likeness (QED) is 0.543. The van der Waals surface area contributed by atoms with Crippen molar-refractivity contribution in [1.29, 1.82) is 0 Å². The van der Waals surface area contributed by atoms with Crippen LogP contribution in [0, 0.1) is 12.7 Å². The maximum atomic E-state index is 13.4. The van der Waals surface area contributed by atoms with E-state index in [-0.39, 0.29) is 5.82 Å². The lowest BCUT2D eigenvalue weighted by atomic mass is 10.1. The number of fused-ring (bicyclic) bond motifs is 1. The van der Waals surface area contributed by atoms with E-state index in [1.54, 1.807) is 6.07 Å². The van der Waals surface area contributed by atoms with Gasteiger partial charge in [0, 0.05) is 28.7 Å². The van der Waals surface area contributed by atoms with E-state index in [1.165, 1.54) is 12.1 Å². The van der Waals surface area contributed by atoms with Gasteiger partial charge in [-0.3, -0.25) is 0 Å². The van der Waals surface area contributed by atoms with Gasteiger partial charge in [0.25, 0.3) is 0 Å². The van der Waals surface area contributed by atoms with E-state index in [0.717, 1.165) is 33.4 Å². The number of hydrogen-bond donors (Lipinski definition) is 2. The number of anilines is 1. The van der Waals surface area contributed by atoms with Crippen LogP contribution in [0.3, 0.4) is 0 Å². The molecule has 0 amide bonds. The van der Waals surface area contributed by atoms with Gasteiger partial charge in [-0.1, -0.05) is 37.3 Å². The normalized spacial score (nSPS) is 11.1. The third kappa shape index (κ3) is 3.38. The van der Waals surface area contributed by atoms with Crippen LogP contribution in [0.1, 0.15) is 23.9 Å². The van der Waals surface area contributed by atoms with Gasteiger partial charge in [-0.05, 0) is 37.1 Å². The molecule has 0 spiro atoms. The maximum Gasteiger partial charge on any atom is 0.186 e. The fraction of sp³-hybridized carbons (Fsp3) is 0.190. The van der Waals surface area contributed by atoms with Crippen molar-refractivity contribution in [3.05, 3.63) is 71.3 Å². The first kappa shape index (κ1) is 17.1. The van der Waals surface area contributed by atoms with Gasteiger partial charge in [0.2, 0.25) is 0 Å². The zero-order valence-corrected chi connectivity index (χ0v) is 15.3. The molecule has 5 nitrogen and oxygen atoms in total. The molecule has 0 saturated heterocycles. The SMILES string of the molecule is CCc1nnc(-c2c(C)[nH]c3ccccc23)nc1NCc1cccc(F)c1. The molecule has 0 aliphatic rings. The highest BCUT2D eigenvalue weighted by molar-refractivity contribution is 5.95. The first-order valence-electron chi connectivity index (χ1n) is 8.95. The van der Waals surface area contributed by atoms with Crippen molar-refractivity contribution < 1.29 is 4.39 Å². The van der Waals surface area contributed by atoms with Gasteiger partial charge in [-0.2, -0.15) is 0 Å². The molecule has 0 fully saturated rings. The number of H-pyrrole nitrogens is 1. The lowest BCUT2D eigenvalue weighted by molar-refractivity contribution is 0.626. The minimum atomic E-state index is -0.249. The average molecular weight is 361 g/mol. The van der Waals surface area contributed by atoms with E-state index >= 15 is 0 Å². The van der Waals surface area contributed by atoms with Crippen molar-refractivity contribution in [2.75, 3.05) is 5.32 Å². The molecule has 0 aliphatic carbocycles. The summed E-state index contributed by atoms with van der Waals surface area (Å²) in [5, 5.41) is 13.1. The van der Waals surface area contributed by atoms with Crippen molar-refractivity contribution in [3.63, 3.8) is 0 Å². The number of aryl methyl sites for hydroxylation is 2. The van der Waals surface area contributed by atoms with E-state index < -0.39 is 0 Å². The van der Waals surface area contributed by atoms with Crippen molar-refractivity contribution in [1.82, 2.24) is 20.2 Å². The molecule has 0 radical (unpaired) electrons. The van der Waals surface area contributed by atoms with E-state index in [1.807, 2.05) is 44.2 Å². The summed E-state index contributed by atoms with van der Waals surface area (Å²) in [4.78, 5) is 8.10. The van der Waals surface area contributed by atoms with Crippen molar-refractivity contribution in [2.24, 2.45) is 0 Å². The van der Waals surface area contributed by atoms with Crippen LogP contribution < -0.4 is 5.32 Å². The Bertz CT molecular complexity index is 1100. The van der Waals surface area contributed by atoms with Crippen LogP contribution in [-0.2, 0) is 13.0 Å². The lowest BCUT2D eigenvalue weighted by Crippen LogP contribution is -2.09. The van der Waals surface area contributed by atoms with Crippen LogP contribution in [0.15, 0.2) is 48.5 Å². The van der Waals surface area contributed by atoms with Crippen molar-refractivity contribution in [2.45, 2.75) is 26.8 Å². The van der Waals surface area contributed by atoms with Crippen LogP contribution in [0.2, 0.25) is 0 Å². The zero-order valence-electron chi connectivity index (χ0n) is 15.3. The van der Waals surface area contributed by atoms with Gasteiger partial charge in [0.05, 0.1) is 0 Å². The molecule has 0 aliphatic heterocycles. The Hall–Kier alpha value is -3.28. The van der Waals surface area contributed by atoms with Crippen molar-refractivity contribution >= 4 is 16.7 Å². The van der Waals surface area contributed by atoms with Gasteiger partial charge >= 0.3 is 0 Å². The highest BCUT2D eigenvalue weighted by atomic mass is 19.1. The third-order valence-corrected chi connectivity index (χ3v) is 4.56. The first-order chi connectivity index (χ1) is 13.2. The fourth-order valence-electron chi connectivity index (χ4n) is 3.23. The molecular formula is C21H20FN5. The summed E-state index contributed by atoms with van der Waals surface area (Å²) in [5.74, 6) is 1.00. The number of hydrogen-bond acceptors (Lipinski definition) is 4. The lowest BCUT2D eigenvalue weighted by Gasteiger charge is -2.10. The molecule has 2 aromatic carbocycles. The molecule has 0 saturated carbocycles. The van der Waals surface area contributed by atoms with E-state index in [2.05, 4.69) is 20.5 Å². The van der Waals surface area contributed by atoms with E-state index in [9.17, 15) is 4.39 Å². The van der Waals surface area contributed by atoms with Crippen LogP contribution in [0.5, 0.6) is 0 Å². The third-order valence-electron chi connectivity index (χ3n) is 4.56. The number of rotatable bonds is 5. The number of halogens is 1. The second-order valence-corrected chi connectivity index (χ2v) is 6.44. The standard InChI is InChI=1S/C21H20FN5/c1-3-17-20(23-12-14-7-6-8-15(22)11-14)25-21(27-26-17)19-13(2)24-18-10-5-4-9-16(18)19/h4-11,24H,3,12H2,1-2H3,(H,23,25,27). The Morgan fingerprint density at radius 2 is 1.93 bits per heavy atom. The molecule has 2 N–H and O–H groups in total. The maximum absolute atomic E-state index is 13.4. The molecule has 136 valence electrons. The van der Waals surface area contributed by atoms with Gasteiger partial charge < -0.3 is 10.3 Å². The predicted molar refractivity (Wildman–Crippen MR) is 105 cm³/mol. The van der Waals surface area contributed by atoms with Gasteiger partial charge in [-0.25, -0.2) is 9.37 Å². The number of nitrogens with zero attached hydrogens (tertiary/aromatic N) is 3. The number of aromatic nitrogens is 4. The number of aromatic amines is 1. The Kier molecular flexibility index (Phi) is 4.54. The van der Waals surface area contributed by atoms with E-state index in [0.29, 0.717) is 24.6 Å². The fourth-order valence-corrected chi connectivity index (χ4v) is 3.23. The average Bonchev–Trinajstić information content (AvgIpc) is 3.02. The molecule has 2 heterocycles. The van der Waals surface area contributed by atoms with Gasteiger partial charge in [-0.15, -0.1) is 10.2 Å². The molecule has 0 unspecified atom stereocenters. The Labute approximate surface area is 156 Å². The Balaban J connectivity index is 1.71. The van der Waals surface area contributed by atoms with Gasteiger partial charge in [0.15, 0.2) is 11.6 Å². The topological polar surface area (TPSA) is 66.5 Å². The summed E-state index contributed by atoms with van der Waals surface area (Å²) < 4.78 is 13.4. The molecule has 0 atom stereocenters. The van der Waals surface area contributed by atoms with Gasteiger partial charge in [0.1, 0.15) is 11.5 Å². The van der Waals surface area contributed by atoms with Crippen LogP contribution >= 0.6 is 0 Å². The molecule has 6 heteroatoms. The zero-order chi connectivity index (χ0) is 18.8. The predicted octanol–water partition coefficient (Wildman–Crippen LogP) is 4.64. The molecule has 2 aromatic heterocycles. The summed E-state index contributed by atoms with van der Waals surface area (Å²) in [7, 11) is 0. The van der Waals surface area contributed by atoms with Crippen LogP contribution in [0.25, 0.3) is 22.3 Å². The Morgan fingerprint density at radius 1 is 1.07 bits per heavy atom. The highest BCUT2D eigenvalue weighted by Crippen LogP contribution is 2.30. The molecular weight excluding hydrogens is 341 g/mol. The molecule has 0 bridgehead atoms. The summed E-state index contributed by atoms with van der Waals surface area (Å²) >= 11 is 0. The first-order valence-corrected chi connectivity index (χ1v) is 8.95. The summed E-state index contributed by atoms with van der Waals surface area (Å²) in [5.41, 5.74) is 4.63. The Morgan fingerprint density at radius 3 is 2.74 bits per heavy atom. The molecule has 4 rings (SSSR count). The summed E-state index contributed by atoms with van der Waals surface area (Å²) in [6.45, 7) is 4.48. The monoisotopic (exact) mass is 361 g/mol. The number of para-hydroxylation sites is 1.